The van der Waals surface area contributed by atoms with Crippen molar-refractivity contribution in [3.63, 3.8) is 0 Å². The van der Waals surface area contributed by atoms with Gasteiger partial charge in [-0.15, -0.1) is 23.1 Å². The van der Waals surface area contributed by atoms with Gasteiger partial charge in [0.2, 0.25) is 0 Å². The minimum Gasteiger partial charge on any atom is -0.267 e. The summed E-state index contributed by atoms with van der Waals surface area (Å²) in [6.07, 6.45) is 3.68. The molecule has 0 spiro atoms. The smallest absolute Gasteiger partial charge is 0.267 e. The predicted molar refractivity (Wildman–Crippen MR) is 129 cm³/mol. The Morgan fingerprint density at radius 2 is 1.83 bits per heavy atom. The van der Waals surface area contributed by atoms with Crippen molar-refractivity contribution in [2.45, 2.75) is 15.0 Å². The third-order valence-electron chi connectivity index (χ3n) is 4.35. The van der Waals surface area contributed by atoms with Gasteiger partial charge in [0, 0.05) is 16.2 Å². The van der Waals surface area contributed by atoms with Gasteiger partial charge < -0.3 is 0 Å². The number of hydrogen-bond acceptors (Lipinski definition) is 6. The molecule has 1 heterocycles. The van der Waals surface area contributed by atoms with Gasteiger partial charge >= 0.3 is 0 Å². The highest BCUT2D eigenvalue weighted by Crippen LogP contribution is 2.31. The maximum absolute atomic E-state index is 12.3. The molecule has 0 aliphatic heterocycles. The molecule has 0 aliphatic rings. The van der Waals surface area contributed by atoms with E-state index >= 15 is 0 Å². The van der Waals surface area contributed by atoms with Crippen LogP contribution in [-0.2, 0) is 5.75 Å². The summed E-state index contributed by atoms with van der Waals surface area (Å²) in [6.45, 7) is 0. The summed E-state index contributed by atoms with van der Waals surface area (Å²) < 4.78 is 2.26. The van der Waals surface area contributed by atoms with Crippen LogP contribution in [0.2, 0.25) is 0 Å². The van der Waals surface area contributed by atoms with Gasteiger partial charge in [0.25, 0.3) is 5.91 Å². The maximum atomic E-state index is 12.3. The number of para-hydroxylation sites is 1. The number of thiazole rings is 1. The number of carbonyl (C=O) groups excluding carboxylic acids is 1. The first-order chi connectivity index (χ1) is 14.7. The minimum atomic E-state index is -0.225. The van der Waals surface area contributed by atoms with Crippen LogP contribution in [-0.4, -0.2) is 23.4 Å². The molecule has 0 bridgehead atoms. The third-order valence-corrected chi connectivity index (χ3v) is 7.34. The summed E-state index contributed by atoms with van der Waals surface area (Å²) >= 11 is 5.10. The number of aromatic nitrogens is 1. The van der Waals surface area contributed by atoms with Gasteiger partial charge in [-0.25, -0.2) is 10.4 Å². The molecule has 1 aromatic heterocycles. The summed E-state index contributed by atoms with van der Waals surface area (Å²) in [5.74, 6) is 0.587. The van der Waals surface area contributed by atoms with Gasteiger partial charge in [-0.05, 0) is 53.8 Å². The molecular weight excluding hydrogens is 430 g/mol. The fourth-order valence-corrected chi connectivity index (χ4v) is 5.16. The lowest BCUT2D eigenvalue weighted by Gasteiger charge is -2.03. The van der Waals surface area contributed by atoms with Crippen molar-refractivity contribution in [2.75, 3.05) is 6.26 Å². The maximum Gasteiger partial charge on any atom is 0.271 e. The molecule has 0 aliphatic carbocycles. The Bertz CT molecular complexity index is 1140. The summed E-state index contributed by atoms with van der Waals surface area (Å²) in [6, 6.07) is 23.8. The van der Waals surface area contributed by atoms with Crippen molar-refractivity contribution >= 4 is 57.2 Å². The second-order valence-electron chi connectivity index (χ2n) is 6.41. The zero-order chi connectivity index (χ0) is 20.8. The monoisotopic (exact) mass is 449 g/mol. The van der Waals surface area contributed by atoms with E-state index in [2.05, 4.69) is 21.6 Å². The quantitative estimate of drug-likeness (QED) is 0.211. The zero-order valence-electron chi connectivity index (χ0n) is 16.2. The molecule has 0 radical (unpaired) electrons. The predicted octanol–water partition coefficient (Wildman–Crippen LogP) is 6.07. The minimum absolute atomic E-state index is 0.225. The van der Waals surface area contributed by atoms with Gasteiger partial charge in [-0.1, -0.05) is 48.2 Å². The molecular formula is C23H19N3OS3. The number of carbonyl (C=O) groups is 1. The molecule has 30 heavy (non-hydrogen) atoms. The number of hydrogen-bond donors (Lipinski definition) is 1. The molecule has 4 aromatic rings. The molecule has 0 unspecified atom stereocenters. The van der Waals surface area contributed by atoms with Gasteiger partial charge in [0.05, 0.1) is 16.4 Å². The Kier molecular flexibility index (Phi) is 6.84. The fraction of sp³-hybridized carbons (Fsp3) is 0.0870. The Morgan fingerprint density at radius 3 is 2.57 bits per heavy atom. The highest BCUT2D eigenvalue weighted by molar-refractivity contribution is 8.00. The fourth-order valence-electron chi connectivity index (χ4n) is 2.73. The molecule has 0 fully saturated rings. The first-order valence-corrected chi connectivity index (χ1v) is 12.3. The molecule has 150 valence electrons. The first kappa shape index (κ1) is 20.7. The Hall–Kier alpha value is -2.61. The number of fused-ring (bicyclic) bond motifs is 1. The van der Waals surface area contributed by atoms with Crippen molar-refractivity contribution in [1.82, 2.24) is 10.4 Å². The highest BCUT2D eigenvalue weighted by atomic mass is 32.2. The summed E-state index contributed by atoms with van der Waals surface area (Å²) in [5, 5.41) is 4.05. The standard InChI is InChI=1S/C23H19N3OS3/c1-28-19-12-8-16(9-13-19)14-24-26-22(27)18-10-6-17(7-11-18)15-29-23-25-20-4-2-3-5-21(20)30-23/h2-14H,15H2,1H3,(H,26,27). The van der Waals surface area contributed by atoms with Crippen molar-refractivity contribution in [3.05, 3.63) is 89.5 Å². The van der Waals surface area contributed by atoms with E-state index in [0.717, 1.165) is 26.7 Å². The van der Waals surface area contributed by atoms with Crippen molar-refractivity contribution in [3.8, 4) is 0 Å². The lowest BCUT2D eigenvalue weighted by Crippen LogP contribution is -2.17. The van der Waals surface area contributed by atoms with Crippen LogP contribution in [0.5, 0.6) is 0 Å². The molecule has 1 N–H and O–H groups in total. The van der Waals surface area contributed by atoms with Gasteiger partial charge in [-0.2, -0.15) is 5.10 Å². The van der Waals surface area contributed by atoms with Crippen LogP contribution >= 0.6 is 34.9 Å². The lowest BCUT2D eigenvalue weighted by atomic mass is 10.1. The van der Waals surface area contributed by atoms with Crippen LogP contribution < -0.4 is 5.43 Å². The van der Waals surface area contributed by atoms with Crippen LogP contribution in [0.1, 0.15) is 21.5 Å². The van der Waals surface area contributed by atoms with Gasteiger partial charge in [0.1, 0.15) is 0 Å². The normalized spacial score (nSPS) is 11.2. The second kappa shape index (κ2) is 9.93. The second-order valence-corrected chi connectivity index (χ2v) is 9.54. The zero-order valence-corrected chi connectivity index (χ0v) is 18.7. The molecule has 0 saturated carbocycles. The molecule has 4 nitrogen and oxygen atoms in total. The van der Waals surface area contributed by atoms with E-state index in [1.165, 1.54) is 9.60 Å². The SMILES string of the molecule is CSc1ccc(C=NNC(=O)c2ccc(CSc3nc4ccccc4s3)cc2)cc1. The van der Waals surface area contributed by atoms with Crippen LogP contribution in [0.15, 0.2) is 87.1 Å². The molecule has 0 atom stereocenters. The summed E-state index contributed by atoms with van der Waals surface area (Å²) in [7, 11) is 0. The summed E-state index contributed by atoms with van der Waals surface area (Å²) in [5.41, 5.74) is 6.29. The number of rotatable bonds is 7. The van der Waals surface area contributed by atoms with Gasteiger partial charge in [-0.3, -0.25) is 4.79 Å². The number of hydrazone groups is 1. The van der Waals surface area contributed by atoms with E-state index in [1.54, 1.807) is 41.1 Å². The van der Waals surface area contributed by atoms with E-state index in [9.17, 15) is 4.79 Å². The van der Waals surface area contributed by atoms with E-state index in [0.29, 0.717) is 5.56 Å². The molecule has 4 rings (SSSR count). The van der Waals surface area contributed by atoms with E-state index in [4.69, 9.17) is 0 Å². The van der Waals surface area contributed by atoms with Crippen molar-refractivity contribution in [1.29, 1.82) is 0 Å². The summed E-state index contributed by atoms with van der Waals surface area (Å²) in [4.78, 5) is 18.1. The van der Waals surface area contributed by atoms with Gasteiger partial charge in [0.15, 0.2) is 4.34 Å². The largest absolute Gasteiger partial charge is 0.271 e. The number of thioether (sulfide) groups is 2. The topological polar surface area (TPSA) is 54.4 Å². The molecule has 7 heteroatoms. The lowest BCUT2D eigenvalue weighted by molar-refractivity contribution is 0.0955. The highest BCUT2D eigenvalue weighted by Gasteiger charge is 2.06. The number of benzene rings is 3. The number of amides is 1. The van der Waals surface area contributed by atoms with Crippen LogP contribution in [0.25, 0.3) is 10.2 Å². The van der Waals surface area contributed by atoms with E-state index in [-0.39, 0.29) is 5.91 Å². The average molecular weight is 450 g/mol. The van der Waals surface area contributed by atoms with E-state index in [1.807, 2.05) is 73.0 Å². The Labute approximate surface area is 187 Å². The van der Waals surface area contributed by atoms with Crippen LogP contribution in [0.3, 0.4) is 0 Å². The van der Waals surface area contributed by atoms with Crippen molar-refractivity contribution in [2.24, 2.45) is 5.10 Å². The van der Waals surface area contributed by atoms with Crippen molar-refractivity contribution < 1.29 is 4.79 Å². The first-order valence-electron chi connectivity index (χ1n) is 9.26. The number of nitrogens with zero attached hydrogens (tertiary/aromatic N) is 2. The molecule has 0 saturated heterocycles. The van der Waals surface area contributed by atoms with Crippen LogP contribution in [0, 0.1) is 0 Å². The van der Waals surface area contributed by atoms with E-state index < -0.39 is 0 Å². The van der Waals surface area contributed by atoms with Crippen LogP contribution in [0.4, 0.5) is 0 Å². The molecule has 1 amide bonds. The average Bonchev–Trinajstić information content (AvgIpc) is 3.21. The Morgan fingerprint density at radius 1 is 1.07 bits per heavy atom. The Balaban J connectivity index is 1.30. The number of nitrogens with one attached hydrogen (secondary N) is 1. The third kappa shape index (κ3) is 5.30. The molecule has 3 aromatic carbocycles.